The molecule has 0 amide bonds. The lowest BCUT2D eigenvalue weighted by Crippen LogP contribution is -2.36. The van der Waals surface area contributed by atoms with Crippen LogP contribution in [0.15, 0.2) is 42.6 Å². The second-order valence-electron chi connectivity index (χ2n) is 5.28. The maximum Gasteiger partial charge on any atom is 0.150 e. The molecule has 0 bridgehead atoms. The van der Waals surface area contributed by atoms with Crippen LogP contribution in [0.4, 0.5) is 5.82 Å². The molecular formula is C16H21N3O. The average molecular weight is 271 g/mol. The van der Waals surface area contributed by atoms with Crippen LogP contribution in [0, 0.1) is 0 Å². The lowest BCUT2D eigenvalue weighted by atomic mass is 10.1. The molecule has 0 N–H and O–H groups in total. The van der Waals surface area contributed by atoms with E-state index in [0.717, 1.165) is 38.3 Å². The first-order chi connectivity index (χ1) is 9.85. The van der Waals surface area contributed by atoms with Gasteiger partial charge in [0, 0.05) is 32.5 Å². The van der Waals surface area contributed by atoms with Crippen LogP contribution in [0.5, 0.6) is 0 Å². The highest BCUT2D eigenvalue weighted by molar-refractivity contribution is 5.37. The number of nitrogens with zero attached hydrogens (tertiary/aromatic N) is 3. The monoisotopic (exact) mass is 271 g/mol. The highest BCUT2D eigenvalue weighted by Gasteiger charge is 2.20. The molecule has 4 nitrogen and oxygen atoms in total. The molecule has 0 atom stereocenters. The van der Waals surface area contributed by atoms with E-state index in [2.05, 4.69) is 46.5 Å². The van der Waals surface area contributed by atoms with E-state index in [9.17, 15) is 0 Å². The number of piperidine rings is 1. The Morgan fingerprint density at radius 2 is 1.90 bits per heavy atom. The predicted molar refractivity (Wildman–Crippen MR) is 80.0 cm³/mol. The fourth-order valence-electron chi connectivity index (χ4n) is 2.70. The van der Waals surface area contributed by atoms with Gasteiger partial charge in [-0.2, -0.15) is 5.10 Å². The number of methoxy groups -OCH3 is 1. The summed E-state index contributed by atoms with van der Waals surface area (Å²) >= 11 is 0. The SMILES string of the molecule is COC1CCN(c2ccn(Cc3ccccc3)n2)CC1. The number of ether oxygens (including phenoxy) is 1. The molecule has 4 heteroatoms. The minimum absolute atomic E-state index is 0.414. The van der Waals surface area contributed by atoms with E-state index < -0.39 is 0 Å². The number of benzene rings is 1. The molecular weight excluding hydrogens is 250 g/mol. The smallest absolute Gasteiger partial charge is 0.150 e. The van der Waals surface area contributed by atoms with E-state index in [4.69, 9.17) is 4.74 Å². The molecule has 2 heterocycles. The zero-order valence-electron chi connectivity index (χ0n) is 11.9. The van der Waals surface area contributed by atoms with E-state index in [1.165, 1.54) is 5.56 Å². The van der Waals surface area contributed by atoms with E-state index in [0.29, 0.717) is 6.10 Å². The highest BCUT2D eigenvalue weighted by Crippen LogP contribution is 2.19. The summed E-state index contributed by atoms with van der Waals surface area (Å²) in [6, 6.07) is 12.5. The van der Waals surface area contributed by atoms with Gasteiger partial charge in [0.25, 0.3) is 0 Å². The van der Waals surface area contributed by atoms with Gasteiger partial charge in [-0.15, -0.1) is 0 Å². The van der Waals surface area contributed by atoms with Crippen LogP contribution in [0.1, 0.15) is 18.4 Å². The maximum atomic E-state index is 5.41. The van der Waals surface area contributed by atoms with Crippen molar-refractivity contribution in [1.82, 2.24) is 9.78 Å². The first-order valence-corrected chi connectivity index (χ1v) is 7.20. The van der Waals surface area contributed by atoms with Crippen LogP contribution >= 0.6 is 0 Å². The van der Waals surface area contributed by atoms with Crippen LogP contribution in [0.25, 0.3) is 0 Å². The van der Waals surface area contributed by atoms with Gasteiger partial charge in [0.15, 0.2) is 5.82 Å². The number of hydrogen-bond acceptors (Lipinski definition) is 3. The Morgan fingerprint density at radius 3 is 2.60 bits per heavy atom. The van der Waals surface area contributed by atoms with Gasteiger partial charge in [0.2, 0.25) is 0 Å². The second kappa shape index (κ2) is 6.09. The van der Waals surface area contributed by atoms with Gasteiger partial charge in [0.05, 0.1) is 12.6 Å². The highest BCUT2D eigenvalue weighted by atomic mass is 16.5. The number of anilines is 1. The summed E-state index contributed by atoms with van der Waals surface area (Å²) in [5.41, 5.74) is 1.28. The molecule has 1 aromatic carbocycles. The van der Waals surface area contributed by atoms with Gasteiger partial charge in [0.1, 0.15) is 0 Å². The van der Waals surface area contributed by atoms with Crippen molar-refractivity contribution in [2.75, 3.05) is 25.1 Å². The van der Waals surface area contributed by atoms with Gasteiger partial charge in [-0.25, -0.2) is 0 Å². The summed E-state index contributed by atoms with van der Waals surface area (Å²) in [7, 11) is 1.80. The zero-order chi connectivity index (χ0) is 13.8. The zero-order valence-corrected chi connectivity index (χ0v) is 11.9. The van der Waals surface area contributed by atoms with Crippen molar-refractivity contribution < 1.29 is 4.74 Å². The molecule has 1 aliphatic heterocycles. The molecule has 106 valence electrons. The van der Waals surface area contributed by atoms with Crippen LogP contribution in [0.3, 0.4) is 0 Å². The first kappa shape index (κ1) is 13.2. The minimum Gasteiger partial charge on any atom is -0.381 e. The normalized spacial score (nSPS) is 16.6. The van der Waals surface area contributed by atoms with Crippen LogP contribution in [0.2, 0.25) is 0 Å². The summed E-state index contributed by atoms with van der Waals surface area (Å²) in [5.74, 6) is 1.08. The van der Waals surface area contributed by atoms with Crippen LogP contribution in [-0.4, -0.2) is 36.1 Å². The molecule has 1 aromatic heterocycles. The van der Waals surface area contributed by atoms with Crippen molar-refractivity contribution in [2.45, 2.75) is 25.5 Å². The average Bonchev–Trinajstić information content (AvgIpc) is 2.97. The molecule has 3 rings (SSSR count). The first-order valence-electron chi connectivity index (χ1n) is 7.20. The number of aromatic nitrogens is 2. The number of hydrogen-bond donors (Lipinski definition) is 0. The summed E-state index contributed by atoms with van der Waals surface area (Å²) in [4.78, 5) is 2.34. The molecule has 0 saturated carbocycles. The topological polar surface area (TPSA) is 30.3 Å². The molecule has 1 fully saturated rings. The molecule has 20 heavy (non-hydrogen) atoms. The maximum absolute atomic E-state index is 5.41. The Labute approximate surface area is 120 Å². The molecule has 2 aromatic rings. The van der Waals surface area contributed by atoms with E-state index in [-0.39, 0.29) is 0 Å². The van der Waals surface area contributed by atoms with Crippen molar-refractivity contribution in [3.63, 3.8) is 0 Å². The van der Waals surface area contributed by atoms with Gasteiger partial charge < -0.3 is 9.64 Å². The van der Waals surface area contributed by atoms with Crippen molar-refractivity contribution >= 4 is 5.82 Å². The largest absolute Gasteiger partial charge is 0.381 e. The van der Waals surface area contributed by atoms with Crippen LogP contribution in [-0.2, 0) is 11.3 Å². The fourth-order valence-corrected chi connectivity index (χ4v) is 2.70. The third kappa shape index (κ3) is 3.02. The molecule has 0 aliphatic carbocycles. The third-order valence-corrected chi connectivity index (χ3v) is 3.91. The Balaban J connectivity index is 1.62. The van der Waals surface area contributed by atoms with Crippen molar-refractivity contribution in [3.05, 3.63) is 48.2 Å². The Kier molecular flexibility index (Phi) is 4.02. The lowest BCUT2D eigenvalue weighted by molar-refractivity contribution is 0.0818. The second-order valence-corrected chi connectivity index (χ2v) is 5.28. The molecule has 0 radical (unpaired) electrons. The van der Waals surface area contributed by atoms with E-state index in [1.807, 2.05) is 10.7 Å². The molecule has 0 spiro atoms. The molecule has 0 unspecified atom stereocenters. The van der Waals surface area contributed by atoms with Gasteiger partial charge in [-0.1, -0.05) is 30.3 Å². The van der Waals surface area contributed by atoms with Gasteiger partial charge in [-0.05, 0) is 18.4 Å². The van der Waals surface area contributed by atoms with E-state index in [1.54, 1.807) is 7.11 Å². The minimum atomic E-state index is 0.414. The lowest BCUT2D eigenvalue weighted by Gasteiger charge is -2.31. The molecule has 1 aliphatic rings. The summed E-state index contributed by atoms with van der Waals surface area (Å²) < 4.78 is 7.41. The van der Waals surface area contributed by atoms with Crippen molar-refractivity contribution in [1.29, 1.82) is 0 Å². The quantitative estimate of drug-likeness (QED) is 0.856. The van der Waals surface area contributed by atoms with Crippen molar-refractivity contribution in [2.24, 2.45) is 0 Å². The Hall–Kier alpha value is -1.81. The standard InChI is InChI=1S/C16H21N3O/c1-20-15-7-10-18(11-8-15)16-9-12-19(17-16)13-14-5-3-2-4-6-14/h2-6,9,12,15H,7-8,10-11,13H2,1H3. The van der Waals surface area contributed by atoms with E-state index >= 15 is 0 Å². The summed E-state index contributed by atoms with van der Waals surface area (Å²) in [5, 5.41) is 4.68. The van der Waals surface area contributed by atoms with Crippen LogP contribution < -0.4 is 4.90 Å². The summed E-state index contributed by atoms with van der Waals surface area (Å²) in [6.45, 7) is 2.89. The summed E-state index contributed by atoms with van der Waals surface area (Å²) in [6.07, 6.45) is 4.65. The Morgan fingerprint density at radius 1 is 1.15 bits per heavy atom. The fraction of sp³-hybridized carbons (Fsp3) is 0.438. The third-order valence-electron chi connectivity index (χ3n) is 3.91. The Bertz CT molecular complexity index is 530. The predicted octanol–water partition coefficient (Wildman–Crippen LogP) is 2.55. The van der Waals surface area contributed by atoms with Gasteiger partial charge in [-0.3, -0.25) is 4.68 Å². The van der Waals surface area contributed by atoms with Gasteiger partial charge >= 0.3 is 0 Å². The number of rotatable bonds is 4. The van der Waals surface area contributed by atoms with Crippen molar-refractivity contribution in [3.8, 4) is 0 Å². The molecule has 1 saturated heterocycles.